The second kappa shape index (κ2) is 9.09. The second-order valence-electron chi connectivity index (χ2n) is 4.80. The molecule has 0 spiro atoms. The summed E-state index contributed by atoms with van der Waals surface area (Å²) in [6.45, 7) is 2.63. The van der Waals surface area contributed by atoms with Crippen LogP contribution in [-0.4, -0.2) is 36.7 Å². The molecule has 2 N–H and O–H groups in total. The van der Waals surface area contributed by atoms with E-state index < -0.39 is 5.97 Å². The van der Waals surface area contributed by atoms with Crippen molar-refractivity contribution in [1.82, 2.24) is 5.32 Å². The molecule has 0 heterocycles. The van der Waals surface area contributed by atoms with Crippen LogP contribution in [0.5, 0.6) is 0 Å². The van der Waals surface area contributed by atoms with Crippen LogP contribution >= 0.6 is 0 Å². The van der Waals surface area contributed by atoms with E-state index >= 15 is 0 Å². The van der Waals surface area contributed by atoms with Crippen molar-refractivity contribution in [2.75, 3.05) is 19.8 Å². The van der Waals surface area contributed by atoms with Crippen LogP contribution < -0.4 is 5.32 Å². The van der Waals surface area contributed by atoms with Crippen molar-refractivity contribution < 1.29 is 19.4 Å². The van der Waals surface area contributed by atoms with Crippen LogP contribution in [0.2, 0.25) is 0 Å². The smallest absolute Gasteiger partial charge is 0.303 e. The molecular weight excluding hydrogens is 258 g/mol. The fraction of sp³-hybridized carbons (Fsp3) is 0.467. The highest BCUT2D eigenvalue weighted by atomic mass is 16.5. The lowest BCUT2D eigenvalue weighted by Crippen LogP contribution is -2.32. The molecule has 0 saturated carbocycles. The van der Waals surface area contributed by atoms with Crippen LogP contribution in [0.15, 0.2) is 30.3 Å². The summed E-state index contributed by atoms with van der Waals surface area (Å²) in [6.07, 6.45) is 0.818. The number of carboxylic acids is 1. The fourth-order valence-electron chi connectivity index (χ4n) is 1.71. The predicted octanol–water partition coefficient (Wildman–Crippen LogP) is 1.47. The first-order valence-corrected chi connectivity index (χ1v) is 6.68. The number of carboxylic acid groups (broad SMARTS) is 1. The highest BCUT2D eigenvalue weighted by molar-refractivity contribution is 5.77. The zero-order chi connectivity index (χ0) is 14.8. The molecule has 5 nitrogen and oxygen atoms in total. The van der Waals surface area contributed by atoms with E-state index in [9.17, 15) is 9.59 Å². The Bertz CT molecular complexity index is 419. The number of hydrogen-bond acceptors (Lipinski definition) is 3. The fourth-order valence-corrected chi connectivity index (χ4v) is 1.71. The third-order valence-corrected chi connectivity index (χ3v) is 2.78. The van der Waals surface area contributed by atoms with E-state index in [-0.39, 0.29) is 24.9 Å². The van der Waals surface area contributed by atoms with Crippen molar-refractivity contribution in [3.8, 4) is 0 Å². The van der Waals surface area contributed by atoms with Crippen molar-refractivity contribution in [1.29, 1.82) is 0 Å². The van der Waals surface area contributed by atoms with Crippen molar-refractivity contribution in [3.63, 3.8) is 0 Å². The number of nitrogens with one attached hydrogen (secondary N) is 1. The van der Waals surface area contributed by atoms with Crippen molar-refractivity contribution in [3.05, 3.63) is 35.9 Å². The highest BCUT2D eigenvalue weighted by Crippen LogP contribution is 2.00. The molecule has 1 rings (SSSR count). The summed E-state index contributed by atoms with van der Waals surface area (Å²) in [5.74, 6) is -1.15. The minimum Gasteiger partial charge on any atom is -0.481 e. The molecule has 20 heavy (non-hydrogen) atoms. The van der Waals surface area contributed by atoms with Gasteiger partial charge in [0.05, 0.1) is 6.61 Å². The number of carbonyl (C=O) groups is 2. The van der Waals surface area contributed by atoms with Crippen molar-refractivity contribution >= 4 is 11.9 Å². The molecule has 5 heteroatoms. The number of carbonyl (C=O) groups excluding carboxylic acids is 1. The van der Waals surface area contributed by atoms with Gasteiger partial charge in [0.2, 0.25) is 5.91 Å². The molecule has 1 aromatic carbocycles. The molecule has 110 valence electrons. The van der Waals surface area contributed by atoms with Crippen molar-refractivity contribution in [2.24, 2.45) is 5.92 Å². The van der Waals surface area contributed by atoms with Gasteiger partial charge in [-0.1, -0.05) is 37.3 Å². The average Bonchev–Trinajstić information content (AvgIpc) is 2.42. The van der Waals surface area contributed by atoms with Gasteiger partial charge < -0.3 is 15.2 Å². The summed E-state index contributed by atoms with van der Waals surface area (Å²) in [7, 11) is 0. The minimum absolute atomic E-state index is 0.00657. The Labute approximate surface area is 118 Å². The number of aliphatic carboxylic acids is 1. The molecule has 0 saturated heterocycles. The first-order valence-electron chi connectivity index (χ1n) is 6.68. The highest BCUT2D eigenvalue weighted by Gasteiger charge is 2.09. The first kappa shape index (κ1) is 16.2. The van der Waals surface area contributed by atoms with E-state index in [1.54, 1.807) is 6.92 Å². The van der Waals surface area contributed by atoms with Gasteiger partial charge in [-0.15, -0.1) is 0 Å². The Morgan fingerprint density at radius 1 is 1.30 bits per heavy atom. The maximum absolute atomic E-state index is 11.5. The molecule has 0 aliphatic rings. The monoisotopic (exact) mass is 279 g/mol. The summed E-state index contributed by atoms with van der Waals surface area (Å²) in [4.78, 5) is 21.9. The maximum Gasteiger partial charge on any atom is 0.303 e. The quantitative estimate of drug-likeness (QED) is 0.671. The van der Waals surface area contributed by atoms with E-state index in [0.717, 1.165) is 6.42 Å². The first-order chi connectivity index (χ1) is 9.58. The van der Waals surface area contributed by atoms with Gasteiger partial charge in [-0.25, -0.2) is 0 Å². The largest absolute Gasteiger partial charge is 0.481 e. The van der Waals surface area contributed by atoms with Crippen molar-refractivity contribution in [2.45, 2.75) is 19.8 Å². The molecule has 1 aromatic rings. The molecule has 0 radical (unpaired) electrons. The molecule has 0 aromatic heterocycles. The average molecular weight is 279 g/mol. The Balaban J connectivity index is 2.07. The topological polar surface area (TPSA) is 75.6 Å². The van der Waals surface area contributed by atoms with E-state index in [1.165, 1.54) is 5.56 Å². The molecular formula is C15H21NO4. The summed E-state index contributed by atoms with van der Waals surface area (Å²) in [5, 5.41) is 11.3. The predicted molar refractivity (Wildman–Crippen MR) is 75.4 cm³/mol. The Hall–Kier alpha value is -1.88. The van der Waals surface area contributed by atoms with Gasteiger partial charge in [0.25, 0.3) is 0 Å². The van der Waals surface area contributed by atoms with Gasteiger partial charge in [0, 0.05) is 13.0 Å². The number of rotatable bonds is 9. The number of benzene rings is 1. The number of ether oxygens (including phenoxy) is 1. The molecule has 0 fully saturated rings. The third kappa shape index (κ3) is 7.53. The lowest BCUT2D eigenvalue weighted by molar-refractivity contribution is -0.138. The number of amides is 1. The lowest BCUT2D eigenvalue weighted by Gasteiger charge is -2.10. The van der Waals surface area contributed by atoms with Gasteiger partial charge in [-0.2, -0.15) is 0 Å². The summed E-state index contributed by atoms with van der Waals surface area (Å²) in [6, 6.07) is 9.90. The molecule has 0 aliphatic heterocycles. The van der Waals surface area contributed by atoms with Crippen LogP contribution in [0.4, 0.5) is 0 Å². The molecule has 1 amide bonds. The Kier molecular flexibility index (Phi) is 7.35. The van der Waals surface area contributed by atoms with Gasteiger partial charge >= 0.3 is 5.97 Å². The van der Waals surface area contributed by atoms with E-state index in [1.807, 2.05) is 30.3 Å². The summed E-state index contributed by atoms with van der Waals surface area (Å²) >= 11 is 0. The zero-order valence-electron chi connectivity index (χ0n) is 11.7. The van der Waals surface area contributed by atoms with Crippen LogP contribution in [0, 0.1) is 5.92 Å². The Morgan fingerprint density at radius 3 is 2.65 bits per heavy atom. The van der Waals surface area contributed by atoms with E-state index in [2.05, 4.69) is 5.32 Å². The van der Waals surface area contributed by atoms with Gasteiger partial charge in [-0.3, -0.25) is 9.59 Å². The molecule has 0 bridgehead atoms. The third-order valence-electron chi connectivity index (χ3n) is 2.78. The summed E-state index contributed by atoms with van der Waals surface area (Å²) in [5.41, 5.74) is 1.17. The van der Waals surface area contributed by atoms with Crippen LogP contribution in [0.25, 0.3) is 0 Å². The standard InChI is InChI=1S/C15H21NO4/c1-12(9-15(18)19)10-16-14(17)11-20-8-7-13-5-3-2-4-6-13/h2-6,12H,7-11H2,1H3,(H,16,17)(H,18,19). The molecule has 0 aliphatic carbocycles. The number of hydrogen-bond donors (Lipinski definition) is 2. The lowest BCUT2D eigenvalue weighted by atomic mass is 10.1. The zero-order valence-corrected chi connectivity index (χ0v) is 11.7. The van der Waals surface area contributed by atoms with Gasteiger partial charge in [0.15, 0.2) is 0 Å². The normalized spacial score (nSPS) is 11.8. The van der Waals surface area contributed by atoms with Gasteiger partial charge in [0.1, 0.15) is 6.61 Å². The van der Waals surface area contributed by atoms with Crippen LogP contribution in [-0.2, 0) is 20.7 Å². The molecule has 1 unspecified atom stereocenters. The van der Waals surface area contributed by atoms with Crippen LogP contribution in [0.1, 0.15) is 18.9 Å². The van der Waals surface area contributed by atoms with Crippen LogP contribution in [0.3, 0.4) is 0 Å². The minimum atomic E-state index is -0.856. The van der Waals surface area contributed by atoms with Gasteiger partial charge in [-0.05, 0) is 17.9 Å². The Morgan fingerprint density at radius 2 is 2.00 bits per heavy atom. The second-order valence-corrected chi connectivity index (χ2v) is 4.80. The molecule has 1 atom stereocenters. The van der Waals surface area contributed by atoms with E-state index in [0.29, 0.717) is 13.2 Å². The maximum atomic E-state index is 11.5. The SMILES string of the molecule is CC(CNC(=O)COCCc1ccccc1)CC(=O)O. The van der Waals surface area contributed by atoms with E-state index in [4.69, 9.17) is 9.84 Å². The summed E-state index contributed by atoms with van der Waals surface area (Å²) < 4.78 is 5.28.